The molecule has 1 saturated heterocycles. The predicted molar refractivity (Wildman–Crippen MR) is 67.4 cm³/mol. The van der Waals surface area contributed by atoms with Crippen LogP contribution in [-0.2, 0) is 4.79 Å². The van der Waals surface area contributed by atoms with Crippen molar-refractivity contribution in [3.8, 4) is 0 Å². The minimum Gasteiger partial charge on any atom is -0.480 e. The molecule has 4 nitrogen and oxygen atoms in total. The second-order valence-corrected chi connectivity index (χ2v) is 5.01. The molecule has 0 aromatic heterocycles. The molecule has 0 radical (unpaired) electrons. The van der Waals surface area contributed by atoms with E-state index in [4.69, 9.17) is 0 Å². The quantitative estimate of drug-likeness (QED) is 0.890. The van der Waals surface area contributed by atoms with Gasteiger partial charge >= 0.3 is 5.97 Å². The van der Waals surface area contributed by atoms with Crippen LogP contribution in [0.3, 0.4) is 0 Å². The fourth-order valence-electron chi connectivity index (χ4n) is 2.53. The van der Waals surface area contributed by atoms with Crippen LogP contribution in [0.5, 0.6) is 0 Å². The van der Waals surface area contributed by atoms with E-state index in [0.29, 0.717) is 18.5 Å². The zero-order valence-corrected chi connectivity index (χ0v) is 10.9. The van der Waals surface area contributed by atoms with E-state index in [2.05, 4.69) is 0 Å². The lowest BCUT2D eigenvalue weighted by Crippen LogP contribution is -2.43. The number of likely N-dealkylation sites (tertiary alicyclic amines) is 1. The van der Waals surface area contributed by atoms with E-state index in [-0.39, 0.29) is 11.5 Å². The number of carbonyl (C=O) groups excluding carboxylic acids is 1. The van der Waals surface area contributed by atoms with Gasteiger partial charge in [0.15, 0.2) is 0 Å². The van der Waals surface area contributed by atoms with Crippen molar-refractivity contribution in [2.45, 2.75) is 26.3 Å². The SMILES string of the molecule is Cc1ccc(F)cc1C(=O)N1CCC(C)C1C(=O)O. The van der Waals surface area contributed by atoms with Crippen LogP contribution >= 0.6 is 0 Å². The minimum absolute atomic E-state index is 0.0877. The van der Waals surface area contributed by atoms with Gasteiger partial charge in [0.05, 0.1) is 0 Å². The van der Waals surface area contributed by atoms with Gasteiger partial charge in [-0.05, 0) is 37.0 Å². The summed E-state index contributed by atoms with van der Waals surface area (Å²) in [6.45, 7) is 3.92. The highest BCUT2D eigenvalue weighted by atomic mass is 19.1. The molecule has 0 saturated carbocycles. The fraction of sp³-hybridized carbons (Fsp3) is 0.429. The zero-order chi connectivity index (χ0) is 14.2. The van der Waals surface area contributed by atoms with E-state index in [9.17, 15) is 19.1 Å². The van der Waals surface area contributed by atoms with Crippen LogP contribution in [0.25, 0.3) is 0 Å². The molecule has 1 heterocycles. The number of carboxylic acid groups (broad SMARTS) is 1. The molecule has 0 bridgehead atoms. The lowest BCUT2D eigenvalue weighted by atomic mass is 10.0. The molecule has 1 amide bonds. The van der Waals surface area contributed by atoms with Crippen LogP contribution in [0, 0.1) is 18.7 Å². The van der Waals surface area contributed by atoms with Gasteiger partial charge in [-0.15, -0.1) is 0 Å². The first kappa shape index (κ1) is 13.5. The van der Waals surface area contributed by atoms with Crippen molar-refractivity contribution in [1.29, 1.82) is 0 Å². The maximum Gasteiger partial charge on any atom is 0.326 e. The van der Waals surface area contributed by atoms with E-state index < -0.39 is 23.7 Å². The number of halogens is 1. The molecule has 2 unspecified atom stereocenters. The lowest BCUT2D eigenvalue weighted by Gasteiger charge is -2.24. The third-order valence-corrected chi connectivity index (χ3v) is 3.64. The van der Waals surface area contributed by atoms with Gasteiger partial charge in [0, 0.05) is 12.1 Å². The molecule has 2 atom stereocenters. The van der Waals surface area contributed by atoms with Gasteiger partial charge in [-0.1, -0.05) is 13.0 Å². The summed E-state index contributed by atoms with van der Waals surface area (Å²) >= 11 is 0. The van der Waals surface area contributed by atoms with Crippen LogP contribution in [-0.4, -0.2) is 34.5 Å². The van der Waals surface area contributed by atoms with Crippen molar-refractivity contribution in [1.82, 2.24) is 4.90 Å². The molecular weight excluding hydrogens is 249 g/mol. The number of rotatable bonds is 2. The first-order valence-corrected chi connectivity index (χ1v) is 6.21. The highest BCUT2D eigenvalue weighted by molar-refractivity contribution is 5.98. The third-order valence-electron chi connectivity index (χ3n) is 3.64. The summed E-state index contributed by atoms with van der Waals surface area (Å²) in [6.07, 6.45) is 0.650. The summed E-state index contributed by atoms with van der Waals surface area (Å²) < 4.78 is 13.2. The number of benzene rings is 1. The number of hydrogen-bond acceptors (Lipinski definition) is 2. The van der Waals surface area contributed by atoms with E-state index in [1.54, 1.807) is 6.92 Å². The minimum atomic E-state index is -1.01. The van der Waals surface area contributed by atoms with Crippen molar-refractivity contribution >= 4 is 11.9 Å². The summed E-state index contributed by atoms with van der Waals surface area (Å²) in [7, 11) is 0. The van der Waals surface area contributed by atoms with Crippen molar-refractivity contribution in [3.63, 3.8) is 0 Å². The number of aryl methyl sites for hydroxylation is 1. The summed E-state index contributed by atoms with van der Waals surface area (Å²) in [6, 6.07) is 3.15. The first-order chi connectivity index (χ1) is 8.91. The molecule has 1 aliphatic rings. The van der Waals surface area contributed by atoms with Crippen LogP contribution in [0.15, 0.2) is 18.2 Å². The average Bonchev–Trinajstić information content (AvgIpc) is 2.73. The van der Waals surface area contributed by atoms with E-state index in [1.165, 1.54) is 23.1 Å². The highest BCUT2D eigenvalue weighted by Gasteiger charge is 2.40. The molecule has 5 heteroatoms. The van der Waals surface area contributed by atoms with Gasteiger partial charge in [-0.2, -0.15) is 0 Å². The maximum atomic E-state index is 13.2. The molecule has 1 N–H and O–H groups in total. The molecular formula is C14H16FNO3. The molecule has 102 valence electrons. The topological polar surface area (TPSA) is 57.6 Å². The van der Waals surface area contributed by atoms with Crippen molar-refractivity contribution < 1.29 is 19.1 Å². The van der Waals surface area contributed by atoms with Gasteiger partial charge in [-0.3, -0.25) is 4.79 Å². The van der Waals surface area contributed by atoms with E-state index >= 15 is 0 Å². The van der Waals surface area contributed by atoms with Crippen molar-refractivity contribution in [3.05, 3.63) is 35.1 Å². The number of carboxylic acids is 1. The van der Waals surface area contributed by atoms with Gasteiger partial charge in [0.2, 0.25) is 0 Å². The van der Waals surface area contributed by atoms with Crippen LogP contribution in [0.1, 0.15) is 29.3 Å². The van der Waals surface area contributed by atoms with Crippen LogP contribution < -0.4 is 0 Å². The summed E-state index contributed by atoms with van der Waals surface area (Å²) in [5.74, 6) is -2.00. The second kappa shape index (κ2) is 4.99. The molecule has 2 rings (SSSR count). The zero-order valence-electron chi connectivity index (χ0n) is 10.9. The standard InChI is InChI=1S/C14H16FNO3/c1-8-3-4-10(15)7-11(8)13(17)16-6-5-9(2)12(16)14(18)19/h3-4,7,9,12H,5-6H2,1-2H3,(H,18,19). The van der Waals surface area contributed by atoms with Crippen LogP contribution in [0.4, 0.5) is 4.39 Å². The van der Waals surface area contributed by atoms with Crippen LogP contribution in [0.2, 0.25) is 0 Å². The molecule has 19 heavy (non-hydrogen) atoms. The number of carbonyl (C=O) groups is 2. The number of nitrogens with zero attached hydrogens (tertiary/aromatic N) is 1. The Balaban J connectivity index is 2.33. The summed E-state index contributed by atoms with van der Waals surface area (Å²) in [5, 5.41) is 9.21. The number of hydrogen-bond donors (Lipinski definition) is 1. The fourth-order valence-corrected chi connectivity index (χ4v) is 2.53. The normalized spacial score (nSPS) is 22.6. The Kier molecular flexibility index (Phi) is 3.55. The van der Waals surface area contributed by atoms with E-state index in [1.807, 2.05) is 6.92 Å². The van der Waals surface area contributed by atoms with Gasteiger partial charge in [0.25, 0.3) is 5.91 Å². The van der Waals surface area contributed by atoms with Gasteiger partial charge in [0.1, 0.15) is 11.9 Å². The second-order valence-electron chi connectivity index (χ2n) is 5.01. The monoisotopic (exact) mass is 265 g/mol. The maximum absolute atomic E-state index is 13.2. The smallest absolute Gasteiger partial charge is 0.326 e. The molecule has 1 fully saturated rings. The number of aliphatic carboxylic acids is 1. The highest BCUT2D eigenvalue weighted by Crippen LogP contribution is 2.26. The Labute approximate surface area is 110 Å². The van der Waals surface area contributed by atoms with E-state index in [0.717, 1.165) is 0 Å². The molecule has 0 aliphatic carbocycles. The first-order valence-electron chi connectivity index (χ1n) is 6.21. The van der Waals surface area contributed by atoms with Crippen molar-refractivity contribution in [2.75, 3.05) is 6.54 Å². The van der Waals surface area contributed by atoms with Gasteiger partial charge in [-0.25, -0.2) is 9.18 Å². The predicted octanol–water partition coefficient (Wildman–Crippen LogP) is 2.07. The average molecular weight is 265 g/mol. The van der Waals surface area contributed by atoms with Crippen molar-refractivity contribution in [2.24, 2.45) is 5.92 Å². The Hall–Kier alpha value is -1.91. The molecule has 1 aromatic rings. The Bertz CT molecular complexity index is 529. The largest absolute Gasteiger partial charge is 0.480 e. The lowest BCUT2D eigenvalue weighted by molar-refractivity contribution is -0.142. The Morgan fingerprint density at radius 2 is 2.11 bits per heavy atom. The summed E-state index contributed by atoms with van der Waals surface area (Å²) in [4.78, 5) is 24.9. The molecule has 1 aliphatic heterocycles. The molecule has 1 aromatic carbocycles. The third kappa shape index (κ3) is 2.45. The Morgan fingerprint density at radius 3 is 2.74 bits per heavy atom. The Morgan fingerprint density at radius 1 is 1.42 bits per heavy atom. The molecule has 0 spiro atoms. The summed E-state index contributed by atoms with van der Waals surface area (Å²) in [5.41, 5.74) is 0.885. The van der Waals surface area contributed by atoms with Gasteiger partial charge < -0.3 is 10.0 Å². The number of amides is 1.